The van der Waals surface area contributed by atoms with Gasteiger partial charge in [0, 0.05) is 24.1 Å². The van der Waals surface area contributed by atoms with E-state index in [0.29, 0.717) is 35.5 Å². The SMILES string of the molecule is O=C(Nc1ccccc1C(=N[C@H](CCCC(F)(F)F)C(=O)O)c1ccccc1)[C@H]1CCCN1Cc1ccccc1. The number of hydrogen-bond acceptors (Lipinski definition) is 4. The number of aliphatic imine (C=N–C) groups is 1. The highest BCUT2D eigenvalue weighted by atomic mass is 19.4. The zero-order valence-corrected chi connectivity index (χ0v) is 22.0. The molecule has 1 aliphatic heterocycles. The molecule has 9 heteroatoms. The van der Waals surface area contributed by atoms with Crippen LogP contribution in [0.1, 0.15) is 48.8 Å². The normalized spacial score (nSPS) is 17.0. The number of rotatable bonds is 11. The van der Waals surface area contributed by atoms with Crippen LogP contribution in [-0.2, 0) is 16.1 Å². The van der Waals surface area contributed by atoms with Gasteiger partial charge in [-0.05, 0) is 43.9 Å². The second kappa shape index (κ2) is 13.4. The quantitative estimate of drug-likeness (QED) is 0.274. The third-order valence-corrected chi connectivity index (χ3v) is 6.89. The minimum atomic E-state index is -4.37. The Morgan fingerprint density at radius 1 is 0.975 bits per heavy atom. The standard InChI is InChI=1S/C31H32F3N3O3/c32-31(33,34)19-9-17-26(30(39)40)35-28(23-13-5-2-6-14-23)24-15-7-8-16-25(24)36-29(38)27-18-10-20-37(27)21-22-11-3-1-4-12-22/h1-8,11-16,26-27H,9-10,17-21H2,(H,36,38)(H,39,40)/t26-,27-/m1/s1. The van der Waals surface area contributed by atoms with Crippen LogP contribution in [0, 0.1) is 0 Å². The number of benzene rings is 3. The van der Waals surface area contributed by atoms with E-state index in [1.165, 1.54) is 0 Å². The van der Waals surface area contributed by atoms with Crippen molar-refractivity contribution in [1.29, 1.82) is 0 Å². The first-order valence-corrected chi connectivity index (χ1v) is 13.3. The van der Waals surface area contributed by atoms with Gasteiger partial charge in [0.1, 0.15) is 6.04 Å². The predicted molar refractivity (Wildman–Crippen MR) is 148 cm³/mol. The average Bonchev–Trinajstić information content (AvgIpc) is 3.39. The minimum Gasteiger partial charge on any atom is -0.480 e. The second-order valence-electron chi connectivity index (χ2n) is 9.85. The molecule has 2 N–H and O–H groups in total. The van der Waals surface area contributed by atoms with Gasteiger partial charge in [0.2, 0.25) is 5.91 Å². The molecule has 1 fully saturated rings. The molecule has 210 valence electrons. The highest BCUT2D eigenvalue weighted by Gasteiger charge is 2.32. The van der Waals surface area contributed by atoms with Gasteiger partial charge in [-0.1, -0.05) is 78.9 Å². The smallest absolute Gasteiger partial charge is 0.389 e. The summed E-state index contributed by atoms with van der Waals surface area (Å²) in [7, 11) is 0. The lowest BCUT2D eigenvalue weighted by Crippen LogP contribution is -2.39. The largest absolute Gasteiger partial charge is 0.480 e. The molecule has 1 saturated heterocycles. The Hall–Kier alpha value is -3.98. The molecule has 40 heavy (non-hydrogen) atoms. The number of carbonyl (C=O) groups is 2. The van der Waals surface area contributed by atoms with Crippen LogP contribution in [-0.4, -0.2) is 52.4 Å². The van der Waals surface area contributed by atoms with Gasteiger partial charge < -0.3 is 10.4 Å². The average molecular weight is 552 g/mol. The molecule has 0 unspecified atom stereocenters. The van der Waals surface area contributed by atoms with E-state index in [9.17, 15) is 27.9 Å². The molecular formula is C31H32F3N3O3. The Morgan fingerprint density at radius 2 is 1.62 bits per heavy atom. The van der Waals surface area contributed by atoms with E-state index in [0.717, 1.165) is 18.5 Å². The molecule has 1 amide bonds. The summed E-state index contributed by atoms with van der Waals surface area (Å²) >= 11 is 0. The number of carboxylic acids is 1. The molecule has 2 atom stereocenters. The fraction of sp³-hybridized carbons (Fsp3) is 0.323. The first-order valence-electron chi connectivity index (χ1n) is 13.3. The number of nitrogens with one attached hydrogen (secondary N) is 1. The van der Waals surface area contributed by atoms with Crippen molar-refractivity contribution in [1.82, 2.24) is 4.90 Å². The van der Waals surface area contributed by atoms with E-state index in [-0.39, 0.29) is 24.8 Å². The summed E-state index contributed by atoms with van der Waals surface area (Å²) in [5, 5.41) is 12.8. The van der Waals surface area contributed by atoms with Crippen LogP contribution in [0.15, 0.2) is 89.9 Å². The van der Waals surface area contributed by atoms with Crippen LogP contribution in [0.4, 0.5) is 18.9 Å². The third-order valence-electron chi connectivity index (χ3n) is 6.89. The van der Waals surface area contributed by atoms with Gasteiger partial charge in [-0.15, -0.1) is 0 Å². The molecule has 0 bridgehead atoms. The lowest BCUT2D eigenvalue weighted by atomic mass is 9.99. The fourth-order valence-electron chi connectivity index (χ4n) is 4.94. The van der Waals surface area contributed by atoms with Gasteiger partial charge in [0.25, 0.3) is 0 Å². The summed E-state index contributed by atoms with van der Waals surface area (Å²) in [5.74, 6) is -1.48. The Labute approximate surface area is 231 Å². The van der Waals surface area contributed by atoms with Crippen LogP contribution < -0.4 is 5.32 Å². The van der Waals surface area contributed by atoms with Crippen LogP contribution in [0.5, 0.6) is 0 Å². The third kappa shape index (κ3) is 8.02. The van der Waals surface area contributed by atoms with Crippen molar-refractivity contribution >= 4 is 23.3 Å². The van der Waals surface area contributed by atoms with Crippen molar-refractivity contribution in [3.05, 3.63) is 102 Å². The van der Waals surface area contributed by atoms with E-state index in [1.54, 1.807) is 54.6 Å². The number of para-hydroxylation sites is 1. The summed E-state index contributed by atoms with van der Waals surface area (Å²) in [6.07, 6.45) is -4.48. The maximum Gasteiger partial charge on any atom is 0.389 e. The van der Waals surface area contributed by atoms with E-state index < -0.39 is 24.6 Å². The van der Waals surface area contributed by atoms with Crippen LogP contribution in [0.25, 0.3) is 0 Å². The molecule has 0 spiro atoms. The molecule has 1 aliphatic rings. The summed E-state index contributed by atoms with van der Waals surface area (Å²) in [5.41, 5.74) is 2.96. The van der Waals surface area contributed by atoms with Crippen molar-refractivity contribution < 1.29 is 27.9 Å². The lowest BCUT2D eigenvalue weighted by molar-refractivity contribution is -0.142. The van der Waals surface area contributed by atoms with Gasteiger partial charge in [0.05, 0.1) is 17.4 Å². The fourth-order valence-corrected chi connectivity index (χ4v) is 4.94. The Bertz CT molecular complexity index is 1310. The van der Waals surface area contributed by atoms with Gasteiger partial charge in [-0.2, -0.15) is 13.2 Å². The van der Waals surface area contributed by atoms with Crippen LogP contribution in [0.3, 0.4) is 0 Å². The van der Waals surface area contributed by atoms with Crippen molar-refractivity contribution in [2.75, 3.05) is 11.9 Å². The highest BCUT2D eigenvalue weighted by Crippen LogP contribution is 2.27. The van der Waals surface area contributed by atoms with Gasteiger partial charge in [-0.25, -0.2) is 4.79 Å². The topological polar surface area (TPSA) is 82.0 Å². The molecule has 3 aromatic carbocycles. The van der Waals surface area contributed by atoms with E-state index in [4.69, 9.17) is 0 Å². The number of carboxylic acid groups (broad SMARTS) is 1. The minimum absolute atomic E-state index is 0.173. The molecule has 4 rings (SSSR count). The number of hydrogen-bond donors (Lipinski definition) is 2. The molecule has 0 saturated carbocycles. The summed E-state index contributed by atoms with van der Waals surface area (Å²) in [6.45, 7) is 1.44. The number of amides is 1. The number of anilines is 1. The second-order valence-corrected chi connectivity index (χ2v) is 9.85. The summed E-state index contributed by atoms with van der Waals surface area (Å²) in [6, 6.07) is 24.0. The lowest BCUT2D eigenvalue weighted by Gasteiger charge is -2.24. The van der Waals surface area contributed by atoms with Crippen molar-refractivity contribution in [3.63, 3.8) is 0 Å². The molecule has 0 radical (unpaired) electrons. The van der Waals surface area contributed by atoms with Gasteiger partial charge in [-0.3, -0.25) is 14.7 Å². The van der Waals surface area contributed by atoms with Crippen molar-refractivity contribution in [3.8, 4) is 0 Å². The number of alkyl halides is 3. The highest BCUT2D eigenvalue weighted by molar-refractivity contribution is 6.17. The number of nitrogens with zero attached hydrogens (tertiary/aromatic N) is 2. The maximum atomic E-state index is 13.5. The molecule has 0 aliphatic carbocycles. The Balaban J connectivity index is 1.61. The van der Waals surface area contributed by atoms with Crippen LogP contribution in [0.2, 0.25) is 0 Å². The molecule has 1 heterocycles. The molecule has 0 aromatic heterocycles. The summed E-state index contributed by atoms with van der Waals surface area (Å²) in [4.78, 5) is 32.1. The number of carbonyl (C=O) groups excluding carboxylic acids is 1. The Morgan fingerprint density at radius 3 is 2.30 bits per heavy atom. The monoisotopic (exact) mass is 551 g/mol. The van der Waals surface area contributed by atoms with E-state index in [1.807, 2.05) is 30.3 Å². The van der Waals surface area contributed by atoms with E-state index in [2.05, 4.69) is 15.2 Å². The first-order chi connectivity index (χ1) is 19.2. The summed E-state index contributed by atoms with van der Waals surface area (Å²) < 4.78 is 38.2. The number of halogens is 3. The van der Waals surface area contributed by atoms with E-state index >= 15 is 0 Å². The molecular weight excluding hydrogens is 519 g/mol. The zero-order valence-electron chi connectivity index (χ0n) is 22.0. The number of aliphatic carboxylic acids is 1. The maximum absolute atomic E-state index is 13.5. The van der Waals surface area contributed by atoms with Gasteiger partial charge >= 0.3 is 12.1 Å². The van der Waals surface area contributed by atoms with Crippen molar-refractivity contribution in [2.45, 2.75) is 56.9 Å². The molecule has 3 aromatic rings. The number of likely N-dealkylation sites (tertiary alicyclic amines) is 1. The van der Waals surface area contributed by atoms with Crippen LogP contribution >= 0.6 is 0 Å². The first kappa shape index (κ1) is 29.0. The Kier molecular flexibility index (Phi) is 9.71. The zero-order chi connectivity index (χ0) is 28.5. The predicted octanol–water partition coefficient (Wildman–Crippen LogP) is 6.31. The van der Waals surface area contributed by atoms with Crippen molar-refractivity contribution in [2.24, 2.45) is 4.99 Å². The van der Waals surface area contributed by atoms with Gasteiger partial charge in [0.15, 0.2) is 0 Å². The molecule has 6 nitrogen and oxygen atoms in total.